The molecule has 3 nitrogen and oxygen atoms in total. The van der Waals surface area contributed by atoms with Gasteiger partial charge in [0.15, 0.2) is 5.76 Å². The number of halogens is 4. The van der Waals surface area contributed by atoms with Gasteiger partial charge in [0.05, 0.1) is 5.56 Å². The first kappa shape index (κ1) is 13.7. The highest BCUT2D eigenvalue weighted by molar-refractivity contribution is 9.10. The van der Waals surface area contributed by atoms with Crippen molar-refractivity contribution >= 4 is 21.8 Å². The van der Waals surface area contributed by atoms with E-state index in [1.807, 2.05) is 0 Å². The van der Waals surface area contributed by atoms with Gasteiger partial charge in [-0.05, 0) is 24.3 Å². The lowest BCUT2D eigenvalue weighted by Gasteiger charge is -2.10. The highest BCUT2D eigenvalue weighted by Crippen LogP contribution is 2.37. The quantitative estimate of drug-likeness (QED) is 0.908. The molecule has 0 aliphatic carbocycles. The van der Waals surface area contributed by atoms with Crippen molar-refractivity contribution in [2.45, 2.75) is 6.18 Å². The van der Waals surface area contributed by atoms with Crippen molar-refractivity contribution in [3.05, 3.63) is 46.1 Å². The van der Waals surface area contributed by atoms with Crippen molar-refractivity contribution in [3.63, 3.8) is 0 Å². The summed E-state index contributed by atoms with van der Waals surface area (Å²) in [6.45, 7) is 0. The standard InChI is InChI=1S/C12H7BrF3NO2/c13-8-2-1-6(5-7(8)12(14,15)16)9-3-4-10(19-9)11(17)18/h1-5H,(H2,17,18). The lowest BCUT2D eigenvalue weighted by Crippen LogP contribution is -2.09. The summed E-state index contributed by atoms with van der Waals surface area (Å²) in [5.74, 6) is -0.738. The average molecular weight is 334 g/mol. The Morgan fingerprint density at radius 2 is 1.89 bits per heavy atom. The molecule has 2 N–H and O–H groups in total. The van der Waals surface area contributed by atoms with Gasteiger partial charge in [-0.15, -0.1) is 0 Å². The van der Waals surface area contributed by atoms with Gasteiger partial charge in [0.1, 0.15) is 5.76 Å². The first-order valence-corrected chi connectivity index (χ1v) is 5.85. The zero-order valence-electron chi connectivity index (χ0n) is 9.29. The zero-order chi connectivity index (χ0) is 14.2. The summed E-state index contributed by atoms with van der Waals surface area (Å²) in [5, 5.41) is 0. The second-order valence-corrected chi connectivity index (χ2v) is 4.57. The van der Waals surface area contributed by atoms with Crippen LogP contribution >= 0.6 is 15.9 Å². The lowest BCUT2D eigenvalue weighted by molar-refractivity contribution is -0.138. The second-order valence-electron chi connectivity index (χ2n) is 3.72. The van der Waals surface area contributed by atoms with E-state index < -0.39 is 17.6 Å². The number of amides is 1. The number of carbonyl (C=O) groups excluding carboxylic acids is 1. The van der Waals surface area contributed by atoms with Gasteiger partial charge in [0.2, 0.25) is 0 Å². The van der Waals surface area contributed by atoms with Crippen molar-refractivity contribution in [1.29, 1.82) is 0 Å². The summed E-state index contributed by atoms with van der Waals surface area (Å²) in [6.07, 6.45) is -4.48. The second kappa shape index (κ2) is 4.73. The van der Waals surface area contributed by atoms with Crippen LogP contribution in [-0.2, 0) is 6.18 Å². The molecule has 0 saturated heterocycles. The van der Waals surface area contributed by atoms with Crippen molar-refractivity contribution in [2.24, 2.45) is 5.73 Å². The molecule has 0 fully saturated rings. The molecule has 0 unspecified atom stereocenters. The number of hydrogen-bond acceptors (Lipinski definition) is 2. The van der Waals surface area contributed by atoms with Gasteiger partial charge in [-0.3, -0.25) is 4.79 Å². The molecule has 0 radical (unpaired) electrons. The van der Waals surface area contributed by atoms with E-state index in [0.29, 0.717) is 0 Å². The van der Waals surface area contributed by atoms with E-state index in [-0.39, 0.29) is 21.6 Å². The molecule has 0 atom stereocenters. The Labute approximate surface area is 114 Å². The number of primary amides is 1. The fourth-order valence-electron chi connectivity index (χ4n) is 1.52. The number of alkyl halides is 3. The monoisotopic (exact) mass is 333 g/mol. The minimum atomic E-state index is -4.48. The molecular formula is C12H7BrF3NO2. The van der Waals surface area contributed by atoms with Crippen LogP contribution in [0.1, 0.15) is 16.1 Å². The van der Waals surface area contributed by atoms with E-state index in [2.05, 4.69) is 15.9 Å². The maximum absolute atomic E-state index is 12.7. The van der Waals surface area contributed by atoms with Crippen LogP contribution in [0.5, 0.6) is 0 Å². The molecule has 1 aromatic carbocycles. The molecule has 1 heterocycles. The van der Waals surface area contributed by atoms with E-state index >= 15 is 0 Å². The van der Waals surface area contributed by atoms with E-state index in [0.717, 1.165) is 6.07 Å². The Hall–Kier alpha value is -1.76. The zero-order valence-corrected chi connectivity index (χ0v) is 10.9. The van der Waals surface area contributed by atoms with Crippen LogP contribution in [0.25, 0.3) is 11.3 Å². The predicted octanol–water partition coefficient (Wildman–Crippen LogP) is 3.83. The maximum Gasteiger partial charge on any atom is 0.417 e. The third-order valence-electron chi connectivity index (χ3n) is 2.41. The maximum atomic E-state index is 12.7. The van der Waals surface area contributed by atoms with Gasteiger partial charge in [-0.1, -0.05) is 22.0 Å². The Bertz CT molecular complexity index is 634. The largest absolute Gasteiger partial charge is 0.451 e. The van der Waals surface area contributed by atoms with Gasteiger partial charge >= 0.3 is 6.18 Å². The van der Waals surface area contributed by atoms with Gasteiger partial charge in [0.25, 0.3) is 5.91 Å². The average Bonchev–Trinajstić information content (AvgIpc) is 2.77. The van der Waals surface area contributed by atoms with Gasteiger partial charge in [-0.25, -0.2) is 0 Å². The molecule has 7 heteroatoms. The molecule has 0 saturated carbocycles. The first-order chi connectivity index (χ1) is 8.79. The van der Waals surface area contributed by atoms with Crippen LogP contribution in [0, 0.1) is 0 Å². The highest BCUT2D eigenvalue weighted by atomic mass is 79.9. The Kier molecular flexibility index (Phi) is 3.40. The first-order valence-electron chi connectivity index (χ1n) is 5.06. The normalized spacial score (nSPS) is 11.6. The van der Waals surface area contributed by atoms with Crippen LogP contribution in [0.15, 0.2) is 39.2 Å². The van der Waals surface area contributed by atoms with E-state index in [1.165, 1.54) is 24.3 Å². The fourth-order valence-corrected chi connectivity index (χ4v) is 1.99. The molecule has 0 spiro atoms. The van der Waals surface area contributed by atoms with E-state index in [4.69, 9.17) is 10.2 Å². The Morgan fingerprint density at radius 3 is 2.42 bits per heavy atom. The molecule has 2 aromatic rings. The molecular weight excluding hydrogens is 327 g/mol. The Balaban J connectivity index is 2.48. The van der Waals surface area contributed by atoms with Crippen molar-refractivity contribution < 1.29 is 22.4 Å². The minimum Gasteiger partial charge on any atom is -0.451 e. The SMILES string of the molecule is NC(=O)c1ccc(-c2ccc(Br)c(C(F)(F)F)c2)o1. The van der Waals surface area contributed by atoms with Crippen molar-refractivity contribution in [1.82, 2.24) is 0 Å². The van der Waals surface area contributed by atoms with Crippen LogP contribution in [0.3, 0.4) is 0 Å². The smallest absolute Gasteiger partial charge is 0.417 e. The minimum absolute atomic E-state index is 0.0644. The van der Waals surface area contributed by atoms with Gasteiger partial charge in [-0.2, -0.15) is 13.2 Å². The number of benzene rings is 1. The lowest BCUT2D eigenvalue weighted by atomic mass is 10.1. The Morgan fingerprint density at radius 1 is 1.21 bits per heavy atom. The van der Waals surface area contributed by atoms with Crippen LogP contribution in [-0.4, -0.2) is 5.91 Å². The third kappa shape index (κ3) is 2.81. The summed E-state index contributed by atoms with van der Waals surface area (Å²) in [7, 11) is 0. The number of hydrogen-bond donors (Lipinski definition) is 1. The molecule has 0 bridgehead atoms. The summed E-state index contributed by atoms with van der Waals surface area (Å²) in [5.41, 5.74) is 4.40. The third-order valence-corrected chi connectivity index (χ3v) is 3.10. The molecule has 0 aliphatic rings. The van der Waals surface area contributed by atoms with Crippen molar-refractivity contribution in [3.8, 4) is 11.3 Å². The predicted molar refractivity (Wildman–Crippen MR) is 65.4 cm³/mol. The van der Waals surface area contributed by atoms with E-state index in [1.54, 1.807) is 0 Å². The van der Waals surface area contributed by atoms with Crippen LogP contribution in [0.4, 0.5) is 13.2 Å². The molecule has 0 aliphatic heterocycles. The fraction of sp³-hybridized carbons (Fsp3) is 0.0833. The summed E-state index contributed by atoms with van der Waals surface area (Å²) in [4.78, 5) is 10.9. The van der Waals surface area contributed by atoms with Crippen LogP contribution in [0.2, 0.25) is 0 Å². The molecule has 1 amide bonds. The topological polar surface area (TPSA) is 56.2 Å². The summed E-state index contributed by atoms with van der Waals surface area (Å²) >= 11 is 2.84. The number of carbonyl (C=O) groups is 1. The van der Waals surface area contributed by atoms with Gasteiger partial charge in [0, 0.05) is 10.0 Å². The number of nitrogens with two attached hydrogens (primary N) is 1. The van der Waals surface area contributed by atoms with Crippen molar-refractivity contribution in [2.75, 3.05) is 0 Å². The number of rotatable bonds is 2. The number of furan rings is 1. The van der Waals surface area contributed by atoms with Gasteiger partial charge < -0.3 is 10.2 Å². The molecule has 2 rings (SSSR count). The van der Waals surface area contributed by atoms with Crippen LogP contribution < -0.4 is 5.73 Å². The summed E-state index contributed by atoms with van der Waals surface area (Å²) < 4.78 is 43.2. The molecule has 100 valence electrons. The summed E-state index contributed by atoms with van der Waals surface area (Å²) in [6, 6.07) is 6.36. The molecule has 1 aromatic heterocycles. The van der Waals surface area contributed by atoms with E-state index in [9.17, 15) is 18.0 Å². The molecule has 19 heavy (non-hydrogen) atoms. The highest BCUT2D eigenvalue weighted by Gasteiger charge is 2.33.